The zero-order chi connectivity index (χ0) is 40.0. The fourth-order valence-corrected chi connectivity index (χ4v) is 8.94. The molecule has 11 rings (SSSR count). The van der Waals surface area contributed by atoms with E-state index in [9.17, 15) is 0 Å². The summed E-state index contributed by atoms with van der Waals surface area (Å²) < 4.78 is 0. The van der Waals surface area contributed by atoms with E-state index in [2.05, 4.69) is 212 Å². The monoisotopic (exact) mass is 769 g/mol. The molecular formula is C55H39N5. The molecule has 1 aliphatic heterocycles. The largest absolute Gasteiger partial charge is 0.332 e. The number of pyridine rings is 1. The molecule has 0 bridgehead atoms. The van der Waals surface area contributed by atoms with Crippen molar-refractivity contribution in [2.24, 2.45) is 0 Å². The molecule has 3 heterocycles. The molecule has 1 aliphatic carbocycles. The third-order valence-electron chi connectivity index (χ3n) is 11.9. The van der Waals surface area contributed by atoms with Crippen molar-refractivity contribution in [3.63, 3.8) is 0 Å². The van der Waals surface area contributed by atoms with Gasteiger partial charge in [0, 0.05) is 44.3 Å². The molecule has 9 aromatic rings. The zero-order valence-corrected chi connectivity index (χ0v) is 33.0. The van der Waals surface area contributed by atoms with Gasteiger partial charge in [-0.15, -0.1) is 0 Å². The minimum atomic E-state index is -0.340. The van der Waals surface area contributed by atoms with Crippen molar-refractivity contribution < 1.29 is 0 Å². The molecule has 60 heavy (non-hydrogen) atoms. The molecule has 0 N–H and O–H groups in total. The average Bonchev–Trinajstić information content (AvgIpc) is 3.61. The fourth-order valence-electron chi connectivity index (χ4n) is 8.94. The standard InChI is InChI=1S/C55H39N5/c1-55-35-14-13-26-48(55)60(45-22-9-4-10-23-45)51-46-24-11-12-25-47(46)56-50(49(51)55)43-20-15-21-44(36-43)54-58-52(41-31-27-39(28-32-41)37-16-5-2-6-17-37)57-53(59-54)42-33-29-40(30-34-42)38-18-7-3-8-19-38/h2-36,48H,1H3. The van der Waals surface area contributed by atoms with E-state index in [1.54, 1.807) is 0 Å². The van der Waals surface area contributed by atoms with Crippen molar-refractivity contribution in [3.8, 4) is 67.7 Å². The molecule has 0 saturated carbocycles. The number of nitrogens with zero attached hydrogens (tertiary/aromatic N) is 5. The first-order valence-electron chi connectivity index (χ1n) is 20.4. The summed E-state index contributed by atoms with van der Waals surface area (Å²) in [5.41, 5.74) is 13.5. The summed E-state index contributed by atoms with van der Waals surface area (Å²) in [6.45, 7) is 2.35. The summed E-state index contributed by atoms with van der Waals surface area (Å²) in [7, 11) is 0. The van der Waals surface area contributed by atoms with Gasteiger partial charge in [0.15, 0.2) is 17.5 Å². The van der Waals surface area contributed by atoms with E-state index < -0.39 is 0 Å². The second kappa shape index (κ2) is 14.6. The summed E-state index contributed by atoms with van der Waals surface area (Å²) in [5.74, 6) is 1.83. The number of rotatable bonds is 7. The van der Waals surface area contributed by atoms with Crippen LogP contribution in [-0.2, 0) is 5.41 Å². The van der Waals surface area contributed by atoms with Crippen LogP contribution in [0.1, 0.15) is 12.5 Å². The molecule has 5 heteroatoms. The van der Waals surface area contributed by atoms with Crippen molar-refractivity contribution in [3.05, 3.63) is 218 Å². The topological polar surface area (TPSA) is 54.8 Å². The number of para-hydroxylation sites is 2. The molecule has 2 unspecified atom stereocenters. The Morgan fingerprint density at radius 2 is 0.917 bits per heavy atom. The Morgan fingerprint density at radius 3 is 1.53 bits per heavy atom. The van der Waals surface area contributed by atoms with E-state index in [4.69, 9.17) is 19.9 Å². The van der Waals surface area contributed by atoms with Crippen LogP contribution in [-0.4, -0.2) is 26.0 Å². The van der Waals surface area contributed by atoms with Gasteiger partial charge in [0.05, 0.1) is 22.9 Å². The van der Waals surface area contributed by atoms with Gasteiger partial charge in [0.2, 0.25) is 0 Å². The number of hydrogen-bond acceptors (Lipinski definition) is 5. The van der Waals surface area contributed by atoms with E-state index in [1.807, 2.05) is 12.1 Å². The molecule has 0 spiro atoms. The van der Waals surface area contributed by atoms with Gasteiger partial charge >= 0.3 is 0 Å². The first-order valence-corrected chi connectivity index (χ1v) is 20.4. The van der Waals surface area contributed by atoms with Crippen molar-refractivity contribution in [2.75, 3.05) is 4.90 Å². The van der Waals surface area contributed by atoms with Crippen LogP contribution < -0.4 is 4.90 Å². The summed E-state index contributed by atoms with van der Waals surface area (Å²) in [6, 6.07) is 65.7. The fraction of sp³-hybridized carbons (Fsp3) is 0.0545. The predicted octanol–water partition coefficient (Wildman–Crippen LogP) is 13.3. The Hall–Kier alpha value is -7.76. The lowest BCUT2D eigenvalue weighted by molar-refractivity contribution is 0.551. The van der Waals surface area contributed by atoms with Crippen molar-refractivity contribution >= 4 is 22.3 Å². The molecule has 0 saturated heterocycles. The molecule has 2 aliphatic rings. The van der Waals surface area contributed by atoms with Crippen LogP contribution in [0.25, 0.3) is 78.6 Å². The van der Waals surface area contributed by atoms with Crippen LogP contribution in [0.3, 0.4) is 0 Å². The van der Waals surface area contributed by atoms with Gasteiger partial charge in [-0.3, -0.25) is 0 Å². The maximum absolute atomic E-state index is 5.48. The quantitative estimate of drug-likeness (QED) is 0.162. The smallest absolute Gasteiger partial charge is 0.164 e. The third kappa shape index (κ3) is 6.11. The van der Waals surface area contributed by atoms with Gasteiger partial charge in [-0.2, -0.15) is 0 Å². The number of allylic oxidation sites excluding steroid dienone is 2. The summed E-state index contributed by atoms with van der Waals surface area (Å²) in [6.07, 6.45) is 9.02. The van der Waals surface area contributed by atoms with Crippen LogP contribution in [0.4, 0.5) is 11.4 Å². The Kier molecular flexibility index (Phi) is 8.59. The number of fused-ring (bicyclic) bond motifs is 5. The highest BCUT2D eigenvalue weighted by Crippen LogP contribution is 2.56. The Morgan fingerprint density at radius 1 is 0.433 bits per heavy atom. The molecule has 2 aromatic heterocycles. The van der Waals surface area contributed by atoms with Crippen LogP contribution in [0.15, 0.2) is 212 Å². The van der Waals surface area contributed by atoms with Crippen LogP contribution >= 0.6 is 0 Å². The molecular weight excluding hydrogens is 731 g/mol. The van der Waals surface area contributed by atoms with E-state index in [0.717, 1.165) is 66.8 Å². The molecule has 7 aromatic carbocycles. The van der Waals surface area contributed by atoms with Gasteiger partial charge < -0.3 is 4.90 Å². The summed E-state index contributed by atoms with van der Waals surface area (Å²) >= 11 is 0. The first-order chi connectivity index (χ1) is 29.6. The molecule has 0 amide bonds. The van der Waals surface area contributed by atoms with Gasteiger partial charge in [0.1, 0.15) is 0 Å². The van der Waals surface area contributed by atoms with Crippen LogP contribution in [0.2, 0.25) is 0 Å². The van der Waals surface area contributed by atoms with Crippen LogP contribution in [0, 0.1) is 0 Å². The van der Waals surface area contributed by atoms with Gasteiger partial charge in [0.25, 0.3) is 0 Å². The Bertz CT molecular complexity index is 2990. The van der Waals surface area contributed by atoms with Crippen molar-refractivity contribution in [1.82, 2.24) is 19.9 Å². The number of benzene rings is 7. The highest BCUT2D eigenvalue weighted by Gasteiger charge is 2.49. The van der Waals surface area contributed by atoms with Gasteiger partial charge in [-0.1, -0.05) is 188 Å². The second-order valence-electron chi connectivity index (χ2n) is 15.7. The lowest BCUT2D eigenvalue weighted by atomic mass is 9.74. The summed E-state index contributed by atoms with van der Waals surface area (Å²) in [4.78, 5) is 23.4. The molecule has 5 nitrogen and oxygen atoms in total. The number of aromatic nitrogens is 4. The second-order valence-corrected chi connectivity index (χ2v) is 15.7. The maximum atomic E-state index is 5.48. The summed E-state index contributed by atoms with van der Waals surface area (Å²) in [5, 5.41) is 1.14. The zero-order valence-electron chi connectivity index (χ0n) is 33.0. The maximum Gasteiger partial charge on any atom is 0.164 e. The molecule has 0 fully saturated rings. The normalized spacial score (nSPS) is 16.5. The first kappa shape index (κ1) is 35.4. The lowest BCUT2D eigenvalue weighted by Crippen LogP contribution is -2.39. The highest BCUT2D eigenvalue weighted by atomic mass is 15.2. The van der Waals surface area contributed by atoms with Crippen molar-refractivity contribution in [2.45, 2.75) is 18.4 Å². The van der Waals surface area contributed by atoms with E-state index in [-0.39, 0.29) is 11.5 Å². The Balaban J connectivity index is 1.07. The van der Waals surface area contributed by atoms with Crippen molar-refractivity contribution in [1.29, 1.82) is 0 Å². The number of anilines is 2. The van der Waals surface area contributed by atoms with E-state index in [0.29, 0.717) is 17.5 Å². The van der Waals surface area contributed by atoms with E-state index >= 15 is 0 Å². The minimum absolute atomic E-state index is 0.0737. The lowest BCUT2D eigenvalue weighted by Gasteiger charge is -2.34. The predicted molar refractivity (Wildman–Crippen MR) is 246 cm³/mol. The highest BCUT2D eigenvalue weighted by molar-refractivity contribution is 6.02. The molecule has 0 radical (unpaired) electrons. The van der Waals surface area contributed by atoms with Gasteiger partial charge in [-0.25, -0.2) is 19.9 Å². The van der Waals surface area contributed by atoms with Crippen LogP contribution in [0.5, 0.6) is 0 Å². The van der Waals surface area contributed by atoms with Gasteiger partial charge in [-0.05, 0) is 53.4 Å². The molecule has 2 atom stereocenters. The van der Waals surface area contributed by atoms with E-state index in [1.165, 1.54) is 11.3 Å². The minimum Gasteiger partial charge on any atom is -0.332 e. The molecule has 284 valence electrons. The SMILES string of the molecule is CC12C=CC=CC1N(c1ccccc1)c1c2c(-c2cccc(-c3nc(-c4ccc(-c5ccccc5)cc4)nc(-c4ccc(-c5ccccc5)cc4)n3)c2)nc2ccccc12. The average molecular weight is 770 g/mol. The third-order valence-corrected chi connectivity index (χ3v) is 11.9. The Labute approximate surface area is 349 Å². The number of hydrogen-bond donors (Lipinski definition) is 0.